The number of H-pyrrole nitrogens is 1. The van der Waals surface area contributed by atoms with E-state index < -0.39 is 0 Å². The van der Waals surface area contributed by atoms with Crippen LogP contribution in [0.2, 0.25) is 0 Å². The molecule has 2 aliphatic rings. The van der Waals surface area contributed by atoms with Crippen LogP contribution in [0.15, 0.2) is 66.7 Å². The van der Waals surface area contributed by atoms with Crippen LogP contribution in [0.3, 0.4) is 0 Å². The number of aryl methyl sites for hydroxylation is 1. The van der Waals surface area contributed by atoms with Gasteiger partial charge in [-0.15, -0.1) is 0 Å². The van der Waals surface area contributed by atoms with Gasteiger partial charge in [0.25, 0.3) is 0 Å². The minimum Gasteiger partial charge on any atom is -0.427 e. The van der Waals surface area contributed by atoms with Gasteiger partial charge in [0.1, 0.15) is 17.3 Å². The Bertz CT molecular complexity index is 1080. The van der Waals surface area contributed by atoms with Crippen molar-refractivity contribution in [1.29, 1.82) is 0 Å². The lowest BCUT2D eigenvalue weighted by atomic mass is 10.1. The number of anilines is 1. The van der Waals surface area contributed by atoms with Crippen LogP contribution in [0, 0.1) is 6.92 Å². The van der Waals surface area contributed by atoms with Gasteiger partial charge in [0.05, 0.1) is 11.4 Å². The average Bonchev–Trinajstić information content (AvgIpc) is 3.19. The molecule has 6 nitrogen and oxygen atoms in total. The third kappa shape index (κ3) is 4.84. The summed E-state index contributed by atoms with van der Waals surface area (Å²) in [4.78, 5) is 24.6. The minimum absolute atomic E-state index is 0.211. The van der Waals surface area contributed by atoms with E-state index in [1.165, 1.54) is 0 Å². The van der Waals surface area contributed by atoms with Crippen molar-refractivity contribution in [2.75, 3.05) is 11.9 Å². The number of carbonyl (C=O) groups excluding carboxylic acids is 1. The Labute approximate surface area is 175 Å². The molecule has 0 radical (unpaired) electrons. The second-order valence-electron chi connectivity index (χ2n) is 7.11. The van der Waals surface area contributed by atoms with Gasteiger partial charge >= 0.3 is 5.97 Å². The van der Waals surface area contributed by atoms with E-state index in [2.05, 4.69) is 15.3 Å². The number of rotatable bonds is 8. The van der Waals surface area contributed by atoms with Crippen molar-refractivity contribution in [3.63, 3.8) is 0 Å². The predicted octanol–water partition coefficient (Wildman–Crippen LogP) is 5.07. The maximum atomic E-state index is 11.9. The number of carbonyl (C=O) groups is 1. The molecule has 2 N–H and O–H groups in total. The molecule has 2 heterocycles. The molecule has 0 unspecified atom stereocenters. The summed E-state index contributed by atoms with van der Waals surface area (Å²) in [7, 11) is 0. The number of nitrogens with one attached hydrogen (secondary N) is 2. The molecule has 2 aromatic rings. The van der Waals surface area contributed by atoms with Crippen molar-refractivity contribution in [3.8, 4) is 28.4 Å². The summed E-state index contributed by atoms with van der Waals surface area (Å²) in [5, 5.41) is 3.37. The Morgan fingerprint density at radius 2 is 1.73 bits per heavy atom. The first-order chi connectivity index (χ1) is 14.7. The van der Waals surface area contributed by atoms with E-state index in [1.54, 1.807) is 12.1 Å². The first kappa shape index (κ1) is 19.6. The Kier molecular flexibility index (Phi) is 6.03. The normalized spacial score (nSPS) is 10.8. The number of unbranched alkanes of at least 4 members (excludes halogenated alkanes) is 1. The molecule has 0 saturated carbocycles. The van der Waals surface area contributed by atoms with Crippen molar-refractivity contribution in [2.24, 2.45) is 0 Å². The molecule has 4 rings (SSSR count). The number of para-hydroxylation sites is 1. The lowest BCUT2D eigenvalue weighted by Gasteiger charge is -2.10. The smallest absolute Gasteiger partial charge is 0.311 e. The van der Waals surface area contributed by atoms with Crippen LogP contribution in [0.1, 0.15) is 25.1 Å². The zero-order valence-electron chi connectivity index (χ0n) is 16.9. The topological polar surface area (TPSA) is 79.9 Å². The Hall–Kier alpha value is -3.67. The highest BCUT2D eigenvalue weighted by molar-refractivity contribution is 5.77. The van der Waals surface area contributed by atoms with E-state index in [9.17, 15) is 4.79 Å². The number of ether oxygens (including phenoxy) is 1. The van der Waals surface area contributed by atoms with Crippen molar-refractivity contribution < 1.29 is 9.53 Å². The number of hydrogen-bond acceptors (Lipinski definition) is 5. The van der Waals surface area contributed by atoms with Crippen LogP contribution in [0.25, 0.3) is 22.6 Å². The van der Waals surface area contributed by atoms with Gasteiger partial charge in [-0.1, -0.05) is 48.5 Å². The monoisotopic (exact) mass is 400 g/mol. The SMILES string of the molecule is Cc1nc(NCCCCC(=O)Oc2ccccc2)c2nc(-c3ccccc3)cc-2[nH]1. The number of hydrogen-bond donors (Lipinski definition) is 2. The highest BCUT2D eigenvalue weighted by Crippen LogP contribution is 2.31. The first-order valence-electron chi connectivity index (χ1n) is 10.1. The predicted molar refractivity (Wildman–Crippen MR) is 118 cm³/mol. The standard InChI is InChI=1S/C24H24N4O2/c1-17-26-21-16-20(18-10-4-2-5-11-18)28-23(21)24(27-17)25-15-9-8-14-22(29)30-19-12-6-3-7-13-19/h2-7,10-13,16,25H,8-9,14-15H2,1H3,(H,26,27). The molecule has 152 valence electrons. The fraction of sp³-hybridized carbons (Fsp3) is 0.208. The molecule has 0 saturated heterocycles. The Balaban J connectivity index is 1.33. The molecule has 0 atom stereocenters. The molecule has 0 aromatic heterocycles. The average molecular weight is 400 g/mol. The van der Waals surface area contributed by atoms with E-state index in [1.807, 2.05) is 61.5 Å². The minimum atomic E-state index is -0.211. The van der Waals surface area contributed by atoms with Gasteiger partial charge in [0.15, 0.2) is 5.82 Å². The summed E-state index contributed by atoms with van der Waals surface area (Å²) in [5.41, 5.74) is 3.77. The van der Waals surface area contributed by atoms with Crippen LogP contribution in [-0.4, -0.2) is 27.5 Å². The highest BCUT2D eigenvalue weighted by atomic mass is 16.5. The van der Waals surface area contributed by atoms with E-state index >= 15 is 0 Å². The van der Waals surface area contributed by atoms with Crippen LogP contribution < -0.4 is 10.1 Å². The van der Waals surface area contributed by atoms with Crippen LogP contribution in [-0.2, 0) is 4.79 Å². The van der Waals surface area contributed by atoms with Crippen molar-refractivity contribution in [2.45, 2.75) is 26.2 Å². The van der Waals surface area contributed by atoms with E-state index in [-0.39, 0.29) is 5.97 Å². The lowest BCUT2D eigenvalue weighted by molar-refractivity contribution is -0.134. The largest absolute Gasteiger partial charge is 0.427 e. The first-order valence-corrected chi connectivity index (χ1v) is 10.1. The molecule has 2 aliphatic heterocycles. The highest BCUT2D eigenvalue weighted by Gasteiger charge is 2.17. The molecular formula is C24H24N4O2. The summed E-state index contributed by atoms with van der Waals surface area (Å²) in [5.74, 6) is 1.95. The third-order valence-corrected chi connectivity index (χ3v) is 4.73. The molecule has 0 fully saturated rings. The maximum absolute atomic E-state index is 11.9. The number of fused-ring (bicyclic) bond motifs is 1. The molecule has 6 heteroatoms. The lowest BCUT2D eigenvalue weighted by Crippen LogP contribution is -2.10. The van der Waals surface area contributed by atoms with Gasteiger partial charge in [-0.2, -0.15) is 0 Å². The van der Waals surface area contributed by atoms with Crippen LogP contribution >= 0.6 is 0 Å². The van der Waals surface area contributed by atoms with Gasteiger partial charge < -0.3 is 15.0 Å². The number of nitrogens with zero attached hydrogens (tertiary/aromatic N) is 2. The number of aromatic nitrogens is 3. The summed E-state index contributed by atoms with van der Waals surface area (Å²) in [6, 6.07) is 21.3. The number of esters is 1. The zero-order valence-corrected chi connectivity index (χ0v) is 16.9. The van der Waals surface area contributed by atoms with Gasteiger partial charge in [-0.05, 0) is 38.0 Å². The van der Waals surface area contributed by atoms with E-state index in [0.717, 1.165) is 47.1 Å². The van der Waals surface area contributed by atoms with Crippen LogP contribution in [0.5, 0.6) is 5.75 Å². The summed E-state index contributed by atoms with van der Waals surface area (Å²) in [6.45, 7) is 2.64. The third-order valence-electron chi connectivity index (χ3n) is 4.73. The molecule has 2 aromatic carbocycles. The number of aromatic amines is 1. The zero-order chi connectivity index (χ0) is 20.8. The molecule has 0 aliphatic carbocycles. The fourth-order valence-electron chi connectivity index (χ4n) is 3.29. The van der Waals surface area contributed by atoms with Gasteiger partial charge in [-0.3, -0.25) is 4.79 Å². The molecule has 0 bridgehead atoms. The molecule has 30 heavy (non-hydrogen) atoms. The fourth-order valence-corrected chi connectivity index (χ4v) is 3.29. The molecule has 0 amide bonds. The Morgan fingerprint density at radius 1 is 1.00 bits per heavy atom. The quantitative estimate of drug-likeness (QED) is 0.245. The van der Waals surface area contributed by atoms with Crippen LogP contribution in [0.4, 0.5) is 5.82 Å². The van der Waals surface area contributed by atoms with Crippen molar-refractivity contribution >= 4 is 11.8 Å². The summed E-state index contributed by atoms with van der Waals surface area (Å²) in [6.07, 6.45) is 1.95. The molecular weight excluding hydrogens is 376 g/mol. The second kappa shape index (κ2) is 9.22. The van der Waals surface area contributed by atoms with Crippen molar-refractivity contribution in [1.82, 2.24) is 15.0 Å². The van der Waals surface area contributed by atoms with Gasteiger partial charge in [0.2, 0.25) is 0 Å². The van der Waals surface area contributed by atoms with E-state index in [0.29, 0.717) is 18.7 Å². The van der Waals surface area contributed by atoms with Gasteiger partial charge in [0, 0.05) is 18.5 Å². The number of benzene rings is 2. The summed E-state index contributed by atoms with van der Waals surface area (Å²) >= 11 is 0. The van der Waals surface area contributed by atoms with E-state index in [4.69, 9.17) is 9.72 Å². The summed E-state index contributed by atoms with van der Waals surface area (Å²) < 4.78 is 5.31. The molecule has 0 spiro atoms. The second-order valence-corrected chi connectivity index (χ2v) is 7.11. The maximum Gasteiger partial charge on any atom is 0.311 e. The van der Waals surface area contributed by atoms with Crippen molar-refractivity contribution in [3.05, 3.63) is 72.6 Å². The Morgan fingerprint density at radius 3 is 2.50 bits per heavy atom. The van der Waals surface area contributed by atoms with Gasteiger partial charge in [-0.25, -0.2) is 9.97 Å².